The maximum Gasteiger partial charge on any atom is 0.262 e. The highest BCUT2D eigenvalue weighted by atomic mass is 32.1. The second kappa shape index (κ2) is 4.51. The third kappa shape index (κ3) is 2.02. The Kier molecular flexibility index (Phi) is 2.83. The normalized spacial score (nSPS) is 10.8. The van der Waals surface area contributed by atoms with Crippen LogP contribution in [0.15, 0.2) is 33.5 Å². The molecule has 0 unspecified atom stereocenters. The van der Waals surface area contributed by atoms with Gasteiger partial charge in [0.25, 0.3) is 5.89 Å². The smallest absolute Gasteiger partial charge is 0.262 e. The zero-order valence-corrected chi connectivity index (χ0v) is 11.4. The van der Waals surface area contributed by atoms with Crippen LogP contribution in [0.5, 0.6) is 5.75 Å². The number of aryl methyl sites for hydroxylation is 2. The summed E-state index contributed by atoms with van der Waals surface area (Å²) in [6.45, 7) is 3.84. The lowest BCUT2D eigenvalue weighted by Crippen LogP contribution is -1.83. The highest BCUT2D eigenvalue weighted by Gasteiger charge is 2.16. The van der Waals surface area contributed by atoms with E-state index < -0.39 is 0 Å². The van der Waals surface area contributed by atoms with Gasteiger partial charge >= 0.3 is 0 Å². The van der Waals surface area contributed by atoms with Crippen LogP contribution in [0.4, 0.5) is 0 Å². The third-order valence-electron chi connectivity index (χ3n) is 2.99. The predicted molar refractivity (Wildman–Crippen MR) is 74.2 cm³/mol. The fourth-order valence-electron chi connectivity index (χ4n) is 1.86. The fourth-order valence-corrected chi connectivity index (χ4v) is 2.69. The summed E-state index contributed by atoms with van der Waals surface area (Å²) < 4.78 is 5.25. The van der Waals surface area contributed by atoms with Crippen LogP contribution >= 0.6 is 11.3 Å². The molecule has 0 radical (unpaired) electrons. The minimum atomic E-state index is 0.180. The Balaban J connectivity index is 2.07. The van der Waals surface area contributed by atoms with E-state index in [0.717, 1.165) is 16.7 Å². The Hall–Kier alpha value is -2.14. The first-order valence-electron chi connectivity index (χ1n) is 5.82. The second-order valence-electron chi connectivity index (χ2n) is 4.36. The molecule has 1 N–H and O–H groups in total. The number of thiophene rings is 1. The molecule has 0 aliphatic carbocycles. The third-order valence-corrected chi connectivity index (χ3v) is 3.85. The van der Waals surface area contributed by atoms with E-state index in [2.05, 4.69) is 10.1 Å². The molecular formula is C14H12N2O2S. The molecule has 0 atom stereocenters. The van der Waals surface area contributed by atoms with Crippen molar-refractivity contribution in [1.29, 1.82) is 0 Å². The number of nitrogens with zero attached hydrogens (tertiary/aromatic N) is 2. The number of benzene rings is 1. The van der Waals surface area contributed by atoms with Crippen molar-refractivity contribution in [2.45, 2.75) is 13.8 Å². The van der Waals surface area contributed by atoms with Crippen molar-refractivity contribution in [3.63, 3.8) is 0 Å². The number of rotatable bonds is 2. The topological polar surface area (TPSA) is 59.2 Å². The summed E-state index contributed by atoms with van der Waals surface area (Å²) in [6.07, 6.45) is 0. The standard InChI is InChI=1S/C14H12N2O2S/c1-8-4-3-5-10(12(8)17)14-15-13(16-18-14)11-7-19-6-9(11)2/h3-7,17H,1-2H3. The molecule has 0 spiro atoms. The highest BCUT2D eigenvalue weighted by molar-refractivity contribution is 7.08. The van der Waals surface area contributed by atoms with Gasteiger partial charge in [0, 0.05) is 10.9 Å². The SMILES string of the molecule is Cc1cscc1-c1noc(-c2cccc(C)c2O)n1. The first-order chi connectivity index (χ1) is 9.16. The first-order valence-corrected chi connectivity index (χ1v) is 6.77. The van der Waals surface area contributed by atoms with Gasteiger partial charge in [0.2, 0.25) is 5.82 Å². The summed E-state index contributed by atoms with van der Waals surface area (Å²) in [4.78, 5) is 4.35. The van der Waals surface area contributed by atoms with E-state index in [4.69, 9.17) is 4.52 Å². The molecule has 0 saturated heterocycles. The van der Waals surface area contributed by atoms with E-state index in [1.807, 2.05) is 36.7 Å². The zero-order valence-electron chi connectivity index (χ0n) is 10.5. The van der Waals surface area contributed by atoms with Crippen molar-refractivity contribution in [3.8, 4) is 28.6 Å². The quantitative estimate of drug-likeness (QED) is 0.771. The Morgan fingerprint density at radius 3 is 2.68 bits per heavy atom. The van der Waals surface area contributed by atoms with Crippen molar-refractivity contribution in [2.24, 2.45) is 0 Å². The molecule has 4 nitrogen and oxygen atoms in total. The van der Waals surface area contributed by atoms with E-state index in [1.54, 1.807) is 17.4 Å². The lowest BCUT2D eigenvalue weighted by atomic mass is 10.1. The molecular weight excluding hydrogens is 260 g/mol. The molecule has 0 aliphatic rings. The summed E-state index contributed by atoms with van der Waals surface area (Å²) in [7, 11) is 0. The van der Waals surface area contributed by atoms with E-state index >= 15 is 0 Å². The van der Waals surface area contributed by atoms with Crippen molar-refractivity contribution in [3.05, 3.63) is 40.1 Å². The van der Waals surface area contributed by atoms with E-state index in [9.17, 15) is 5.11 Å². The van der Waals surface area contributed by atoms with Gasteiger partial charge in [0.05, 0.1) is 5.56 Å². The van der Waals surface area contributed by atoms with Crippen molar-refractivity contribution < 1.29 is 9.63 Å². The summed E-state index contributed by atoms with van der Waals surface area (Å²) in [6, 6.07) is 5.45. The molecule has 3 aromatic rings. The minimum Gasteiger partial charge on any atom is -0.507 e. The van der Waals surface area contributed by atoms with Gasteiger partial charge in [-0.2, -0.15) is 16.3 Å². The molecule has 0 fully saturated rings. The molecule has 2 aromatic heterocycles. The molecule has 0 bridgehead atoms. The van der Waals surface area contributed by atoms with E-state index in [1.165, 1.54) is 0 Å². The monoisotopic (exact) mass is 272 g/mol. The largest absolute Gasteiger partial charge is 0.507 e. The molecule has 96 valence electrons. The van der Waals surface area contributed by atoms with Gasteiger partial charge in [-0.15, -0.1) is 0 Å². The lowest BCUT2D eigenvalue weighted by molar-refractivity contribution is 0.425. The van der Waals surface area contributed by atoms with Crippen LogP contribution in [0.25, 0.3) is 22.8 Å². The maximum absolute atomic E-state index is 10.0. The Labute approximate surface area is 114 Å². The van der Waals surface area contributed by atoms with E-state index in [-0.39, 0.29) is 5.75 Å². The van der Waals surface area contributed by atoms with Crippen LogP contribution in [-0.4, -0.2) is 15.2 Å². The highest BCUT2D eigenvalue weighted by Crippen LogP contribution is 2.32. The lowest BCUT2D eigenvalue weighted by Gasteiger charge is -2.01. The predicted octanol–water partition coefficient (Wildman–Crippen LogP) is 3.79. The second-order valence-corrected chi connectivity index (χ2v) is 5.11. The molecule has 0 amide bonds. The van der Waals surface area contributed by atoms with Gasteiger partial charge in [-0.3, -0.25) is 0 Å². The molecule has 3 rings (SSSR count). The van der Waals surface area contributed by atoms with Crippen LogP contribution in [0.1, 0.15) is 11.1 Å². The van der Waals surface area contributed by atoms with Crippen LogP contribution in [0.3, 0.4) is 0 Å². The number of phenolic OH excluding ortho intramolecular Hbond substituents is 1. The van der Waals surface area contributed by atoms with Crippen molar-refractivity contribution >= 4 is 11.3 Å². The van der Waals surface area contributed by atoms with Gasteiger partial charge in [0.1, 0.15) is 5.75 Å². The molecule has 19 heavy (non-hydrogen) atoms. The molecule has 0 saturated carbocycles. The number of hydrogen-bond acceptors (Lipinski definition) is 5. The molecule has 2 heterocycles. The van der Waals surface area contributed by atoms with Crippen molar-refractivity contribution in [2.75, 3.05) is 0 Å². The average Bonchev–Trinajstić information content (AvgIpc) is 3.01. The van der Waals surface area contributed by atoms with Crippen LogP contribution in [0.2, 0.25) is 0 Å². The first kappa shape index (κ1) is 11.9. The number of aromatic nitrogens is 2. The van der Waals surface area contributed by atoms with E-state index in [0.29, 0.717) is 17.3 Å². The van der Waals surface area contributed by atoms with Gasteiger partial charge in [-0.25, -0.2) is 0 Å². The van der Waals surface area contributed by atoms with Crippen LogP contribution < -0.4 is 0 Å². The minimum absolute atomic E-state index is 0.180. The number of aromatic hydroxyl groups is 1. The van der Waals surface area contributed by atoms with Crippen molar-refractivity contribution in [1.82, 2.24) is 10.1 Å². The Bertz CT molecular complexity index is 731. The summed E-state index contributed by atoms with van der Waals surface area (Å²) >= 11 is 1.60. The van der Waals surface area contributed by atoms with Gasteiger partial charge in [0.15, 0.2) is 0 Å². The zero-order chi connectivity index (χ0) is 13.4. The number of para-hydroxylation sites is 1. The Morgan fingerprint density at radius 1 is 1.11 bits per heavy atom. The summed E-state index contributed by atoms with van der Waals surface area (Å²) in [5, 5.41) is 18.0. The van der Waals surface area contributed by atoms with Crippen LogP contribution in [-0.2, 0) is 0 Å². The molecule has 0 aliphatic heterocycles. The summed E-state index contributed by atoms with van der Waals surface area (Å²) in [5.41, 5.74) is 3.42. The van der Waals surface area contributed by atoms with Crippen LogP contribution in [0, 0.1) is 13.8 Å². The fraction of sp³-hybridized carbons (Fsp3) is 0.143. The molecule has 5 heteroatoms. The Morgan fingerprint density at radius 2 is 1.95 bits per heavy atom. The van der Waals surface area contributed by atoms with Gasteiger partial charge < -0.3 is 9.63 Å². The number of hydrogen-bond donors (Lipinski definition) is 1. The number of phenols is 1. The molecule has 1 aromatic carbocycles. The van der Waals surface area contributed by atoms with Gasteiger partial charge in [-0.05, 0) is 36.4 Å². The average molecular weight is 272 g/mol. The summed E-state index contributed by atoms with van der Waals surface area (Å²) in [5.74, 6) is 1.07. The maximum atomic E-state index is 10.0. The van der Waals surface area contributed by atoms with Gasteiger partial charge in [-0.1, -0.05) is 17.3 Å².